The Morgan fingerprint density at radius 2 is 1.90 bits per heavy atom. The van der Waals surface area contributed by atoms with Gasteiger partial charge in [0, 0.05) is 5.41 Å². The highest BCUT2D eigenvalue weighted by molar-refractivity contribution is 5.83. The van der Waals surface area contributed by atoms with Crippen molar-refractivity contribution in [3.8, 4) is 0 Å². The van der Waals surface area contributed by atoms with Gasteiger partial charge in [0.15, 0.2) is 0 Å². The van der Waals surface area contributed by atoms with Crippen LogP contribution >= 0.6 is 0 Å². The number of hydrogen-bond acceptors (Lipinski definition) is 1. The lowest BCUT2D eigenvalue weighted by Crippen LogP contribution is -2.41. The molecule has 2 aliphatic rings. The Morgan fingerprint density at radius 1 is 1.10 bits per heavy atom. The first-order chi connectivity index (χ1) is 9.67. The molecular formula is C19H22O. The van der Waals surface area contributed by atoms with Gasteiger partial charge >= 0.3 is 0 Å². The summed E-state index contributed by atoms with van der Waals surface area (Å²) >= 11 is 0. The lowest BCUT2D eigenvalue weighted by atomic mass is 9.66. The quantitative estimate of drug-likeness (QED) is 0.840. The predicted octanol–water partition coefficient (Wildman–Crippen LogP) is 4.63. The summed E-state index contributed by atoms with van der Waals surface area (Å²) < 4.78 is 0. The third-order valence-electron chi connectivity index (χ3n) is 6.08. The van der Waals surface area contributed by atoms with Crippen LogP contribution < -0.4 is 0 Å². The van der Waals surface area contributed by atoms with Gasteiger partial charge in [-0.05, 0) is 60.4 Å². The van der Waals surface area contributed by atoms with Crippen LogP contribution in [0.25, 0.3) is 10.8 Å². The molecule has 3 atom stereocenters. The molecule has 0 heterocycles. The van der Waals surface area contributed by atoms with Crippen LogP contribution in [0.15, 0.2) is 42.5 Å². The Labute approximate surface area is 120 Å². The fraction of sp³-hybridized carbons (Fsp3) is 0.474. The lowest BCUT2D eigenvalue weighted by Gasteiger charge is -2.43. The van der Waals surface area contributed by atoms with Crippen molar-refractivity contribution in [2.45, 2.75) is 44.6 Å². The minimum absolute atomic E-state index is 0.125. The smallest absolute Gasteiger partial charge is 0.0955 e. The normalized spacial score (nSPS) is 35.8. The van der Waals surface area contributed by atoms with Crippen molar-refractivity contribution in [3.63, 3.8) is 0 Å². The highest BCUT2D eigenvalue weighted by Crippen LogP contribution is 2.65. The summed E-state index contributed by atoms with van der Waals surface area (Å²) in [6, 6.07) is 15.0. The molecule has 1 N–H and O–H groups in total. The summed E-state index contributed by atoms with van der Waals surface area (Å²) in [5.41, 5.74) is 0.662. The van der Waals surface area contributed by atoms with Gasteiger partial charge in [-0.3, -0.25) is 0 Å². The molecule has 1 heteroatoms. The number of benzene rings is 2. The lowest BCUT2D eigenvalue weighted by molar-refractivity contribution is -0.0821. The van der Waals surface area contributed by atoms with E-state index < -0.39 is 5.60 Å². The van der Waals surface area contributed by atoms with Crippen LogP contribution in [0, 0.1) is 11.3 Å². The molecule has 2 bridgehead atoms. The number of rotatable bonds is 2. The standard InChI is InChI=1S/C19H22O/c1-2-18-10-9-14(12-18)13-19(18,20)17-8-7-15-5-3-4-6-16(15)11-17/h3-8,11,14,20H,2,9-10,12-13H2,1H3. The van der Waals surface area contributed by atoms with Gasteiger partial charge in [0.1, 0.15) is 0 Å². The molecule has 0 saturated heterocycles. The summed E-state index contributed by atoms with van der Waals surface area (Å²) in [5.74, 6) is 0.728. The van der Waals surface area contributed by atoms with Crippen molar-refractivity contribution in [3.05, 3.63) is 48.0 Å². The largest absolute Gasteiger partial charge is 0.385 e. The van der Waals surface area contributed by atoms with Gasteiger partial charge in [0.25, 0.3) is 0 Å². The summed E-state index contributed by atoms with van der Waals surface area (Å²) in [6.07, 6.45) is 5.76. The third-order valence-corrected chi connectivity index (χ3v) is 6.08. The Hall–Kier alpha value is -1.34. The SMILES string of the molecule is CCC12CCC(C1)CC2(O)c1ccc2ccccc2c1. The third kappa shape index (κ3) is 1.47. The molecule has 2 saturated carbocycles. The molecule has 4 rings (SSSR count). The molecule has 2 aliphatic carbocycles. The Bertz CT molecular complexity index is 662. The van der Waals surface area contributed by atoms with Crippen LogP contribution in [0.2, 0.25) is 0 Å². The summed E-state index contributed by atoms with van der Waals surface area (Å²) in [6.45, 7) is 2.25. The topological polar surface area (TPSA) is 20.2 Å². The fourth-order valence-electron chi connectivity index (χ4n) is 4.91. The van der Waals surface area contributed by atoms with E-state index in [1.807, 2.05) is 0 Å². The number of fused-ring (bicyclic) bond motifs is 3. The van der Waals surface area contributed by atoms with Gasteiger partial charge in [-0.1, -0.05) is 43.3 Å². The van der Waals surface area contributed by atoms with E-state index in [-0.39, 0.29) is 5.41 Å². The maximum Gasteiger partial charge on any atom is 0.0955 e. The predicted molar refractivity (Wildman–Crippen MR) is 82.5 cm³/mol. The van der Waals surface area contributed by atoms with E-state index in [4.69, 9.17) is 0 Å². The zero-order chi connectivity index (χ0) is 13.8. The minimum atomic E-state index is -0.602. The fourth-order valence-corrected chi connectivity index (χ4v) is 4.91. The van der Waals surface area contributed by atoms with Gasteiger partial charge in [0.05, 0.1) is 5.60 Å². The second-order valence-corrected chi connectivity index (χ2v) is 6.87. The molecule has 2 fully saturated rings. The Kier molecular flexibility index (Phi) is 2.53. The zero-order valence-electron chi connectivity index (χ0n) is 12.1. The van der Waals surface area contributed by atoms with Crippen molar-refractivity contribution in [2.75, 3.05) is 0 Å². The molecule has 3 unspecified atom stereocenters. The average Bonchev–Trinajstić information content (AvgIpc) is 3.03. The van der Waals surface area contributed by atoms with Crippen LogP contribution in [-0.2, 0) is 5.60 Å². The van der Waals surface area contributed by atoms with Gasteiger partial charge in [-0.2, -0.15) is 0 Å². The van der Waals surface area contributed by atoms with Crippen LogP contribution in [-0.4, -0.2) is 5.11 Å². The van der Waals surface area contributed by atoms with E-state index in [0.29, 0.717) is 0 Å². The van der Waals surface area contributed by atoms with Crippen molar-refractivity contribution < 1.29 is 5.11 Å². The van der Waals surface area contributed by atoms with Crippen molar-refractivity contribution in [1.82, 2.24) is 0 Å². The van der Waals surface area contributed by atoms with Crippen molar-refractivity contribution >= 4 is 10.8 Å². The Morgan fingerprint density at radius 3 is 2.65 bits per heavy atom. The first-order valence-corrected chi connectivity index (χ1v) is 7.89. The maximum atomic E-state index is 11.5. The van der Waals surface area contributed by atoms with Gasteiger partial charge in [-0.25, -0.2) is 0 Å². The first-order valence-electron chi connectivity index (χ1n) is 7.89. The molecule has 1 nitrogen and oxygen atoms in total. The second kappa shape index (κ2) is 4.08. The first kappa shape index (κ1) is 12.4. The van der Waals surface area contributed by atoms with Gasteiger partial charge < -0.3 is 5.11 Å². The molecule has 0 aromatic heterocycles. The zero-order valence-corrected chi connectivity index (χ0v) is 12.1. The van der Waals surface area contributed by atoms with Crippen LogP contribution in [0.1, 0.15) is 44.6 Å². The number of aliphatic hydroxyl groups is 1. The highest BCUT2D eigenvalue weighted by atomic mass is 16.3. The second-order valence-electron chi connectivity index (χ2n) is 6.87. The van der Waals surface area contributed by atoms with E-state index in [2.05, 4.69) is 49.4 Å². The van der Waals surface area contributed by atoms with Crippen molar-refractivity contribution in [2.24, 2.45) is 11.3 Å². The van der Waals surface area contributed by atoms with E-state index in [1.54, 1.807) is 0 Å². The number of hydrogen-bond donors (Lipinski definition) is 1. The minimum Gasteiger partial charge on any atom is -0.385 e. The summed E-state index contributed by atoms with van der Waals surface area (Å²) in [7, 11) is 0. The van der Waals surface area contributed by atoms with E-state index in [0.717, 1.165) is 24.3 Å². The molecule has 0 spiro atoms. The molecule has 0 aliphatic heterocycles. The van der Waals surface area contributed by atoms with Gasteiger partial charge in [-0.15, -0.1) is 0 Å². The molecule has 0 amide bonds. The monoisotopic (exact) mass is 266 g/mol. The average molecular weight is 266 g/mol. The van der Waals surface area contributed by atoms with Crippen LogP contribution in [0.5, 0.6) is 0 Å². The van der Waals surface area contributed by atoms with E-state index in [9.17, 15) is 5.11 Å². The van der Waals surface area contributed by atoms with Gasteiger partial charge in [0.2, 0.25) is 0 Å². The molecule has 20 heavy (non-hydrogen) atoms. The molecule has 104 valence electrons. The summed E-state index contributed by atoms with van der Waals surface area (Å²) in [5, 5.41) is 14.0. The molecule has 0 radical (unpaired) electrons. The van der Waals surface area contributed by atoms with Crippen LogP contribution in [0.4, 0.5) is 0 Å². The molecule has 2 aromatic carbocycles. The van der Waals surface area contributed by atoms with Crippen LogP contribution in [0.3, 0.4) is 0 Å². The molecule has 2 aromatic rings. The van der Waals surface area contributed by atoms with E-state index in [1.165, 1.54) is 30.0 Å². The van der Waals surface area contributed by atoms with Crippen molar-refractivity contribution in [1.29, 1.82) is 0 Å². The van der Waals surface area contributed by atoms with E-state index >= 15 is 0 Å². The summed E-state index contributed by atoms with van der Waals surface area (Å²) in [4.78, 5) is 0. The highest BCUT2D eigenvalue weighted by Gasteiger charge is 2.60. The maximum absolute atomic E-state index is 11.5. The molecular weight excluding hydrogens is 244 g/mol. The Balaban J connectivity index is 1.86.